The van der Waals surface area contributed by atoms with Gasteiger partial charge in [0.1, 0.15) is 5.82 Å². The number of anilines is 2. The minimum Gasteiger partial charge on any atom is -0.388 e. The van der Waals surface area contributed by atoms with Crippen LogP contribution in [0.2, 0.25) is 0 Å². The Balaban J connectivity index is 2.20. The van der Waals surface area contributed by atoms with Gasteiger partial charge in [-0.3, -0.25) is 0 Å². The van der Waals surface area contributed by atoms with Gasteiger partial charge in [0.2, 0.25) is 5.95 Å². The number of alkyl halides is 3. The maximum absolute atomic E-state index is 12.8. The van der Waals surface area contributed by atoms with Crippen molar-refractivity contribution < 1.29 is 18.3 Å². The van der Waals surface area contributed by atoms with Crippen LogP contribution in [0, 0.1) is 0 Å². The molecule has 112 valence electrons. The Morgan fingerprint density at radius 1 is 1.35 bits per heavy atom. The Bertz CT molecular complexity index is 486. The van der Waals surface area contributed by atoms with E-state index in [4.69, 9.17) is 0 Å². The SMILES string of the molecule is CN(C)c1cc(C(F)(F)F)nc(NCC2(O)CCC2)n1. The van der Waals surface area contributed by atoms with Crippen LogP contribution < -0.4 is 10.2 Å². The molecule has 5 nitrogen and oxygen atoms in total. The van der Waals surface area contributed by atoms with E-state index in [-0.39, 0.29) is 18.3 Å². The zero-order valence-corrected chi connectivity index (χ0v) is 11.3. The lowest BCUT2D eigenvalue weighted by molar-refractivity contribution is -0.141. The molecule has 1 aliphatic carbocycles. The average molecular weight is 290 g/mol. The molecule has 0 atom stereocenters. The zero-order valence-electron chi connectivity index (χ0n) is 11.3. The largest absolute Gasteiger partial charge is 0.433 e. The van der Waals surface area contributed by atoms with Gasteiger partial charge in [-0.15, -0.1) is 0 Å². The Morgan fingerprint density at radius 3 is 2.45 bits per heavy atom. The molecule has 0 aromatic carbocycles. The average Bonchev–Trinajstić information content (AvgIpc) is 2.32. The number of halogens is 3. The van der Waals surface area contributed by atoms with Gasteiger partial charge in [-0.05, 0) is 19.3 Å². The zero-order chi connectivity index (χ0) is 15.0. The molecule has 1 aromatic heterocycles. The quantitative estimate of drug-likeness (QED) is 0.886. The Kier molecular flexibility index (Phi) is 3.77. The predicted octanol–water partition coefficient (Wildman–Crippen LogP) is 1.89. The molecule has 0 saturated heterocycles. The van der Waals surface area contributed by atoms with Crippen LogP contribution in [-0.4, -0.2) is 41.3 Å². The summed E-state index contributed by atoms with van der Waals surface area (Å²) in [7, 11) is 3.21. The molecule has 1 saturated carbocycles. The normalized spacial score (nSPS) is 17.5. The molecule has 20 heavy (non-hydrogen) atoms. The molecule has 2 rings (SSSR count). The number of aromatic nitrogens is 2. The van der Waals surface area contributed by atoms with Crippen LogP contribution in [0.3, 0.4) is 0 Å². The van der Waals surface area contributed by atoms with Crippen LogP contribution >= 0.6 is 0 Å². The predicted molar refractivity (Wildman–Crippen MR) is 68.7 cm³/mol. The van der Waals surface area contributed by atoms with Gasteiger partial charge in [0.05, 0.1) is 5.60 Å². The number of rotatable bonds is 4. The van der Waals surface area contributed by atoms with Gasteiger partial charge < -0.3 is 15.3 Å². The monoisotopic (exact) mass is 290 g/mol. The standard InChI is InChI=1S/C12H17F3N4O/c1-19(2)9-6-8(12(13,14)15)17-10(18-9)16-7-11(20)4-3-5-11/h6,20H,3-5,7H2,1-2H3,(H,16,17,18). The van der Waals surface area contributed by atoms with Crippen LogP contribution in [0.15, 0.2) is 6.07 Å². The Labute approximate surface area is 114 Å². The highest BCUT2D eigenvalue weighted by molar-refractivity contribution is 5.44. The third-order valence-corrected chi connectivity index (χ3v) is 3.32. The van der Waals surface area contributed by atoms with Crippen molar-refractivity contribution in [2.75, 3.05) is 30.9 Å². The number of hydrogen-bond acceptors (Lipinski definition) is 5. The highest BCUT2D eigenvalue weighted by Gasteiger charge is 2.36. The number of hydrogen-bond donors (Lipinski definition) is 2. The fourth-order valence-electron chi connectivity index (χ4n) is 1.89. The number of aliphatic hydroxyl groups is 1. The van der Waals surface area contributed by atoms with Gasteiger partial charge in [0.25, 0.3) is 0 Å². The van der Waals surface area contributed by atoms with E-state index in [9.17, 15) is 18.3 Å². The Hall–Kier alpha value is -1.57. The van der Waals surface area contributed by atoms with Gasteiger partial charge >= 0.3 is 6.18 Å². The molecule has 0 amide bonds. The molecule has 1 heterocycles. The van der Waals surface area contributed by atoms with Crippen molar-refractivity contribution in [3.63, 3.8) is 0 Å². The summed E-state index contributed by atoms with van der Waals surface area (Å²) >= 11 is 0. The van der Waals surface area contributed by atoms with Crippen molar-refractivity contribution in [1.29, 1.82) is 0 Å². The molecule has 8 heteroatoms. The van der Waals surface area contributed by atoms with Crippen molar-refractivity contribution in [1.82, 2.24) is 9.97 Å². The molecular weight excluding hydrogens is 273 g/mol. The van der Waals surface area contributed by atoms with Crippen molar-refractivity contribution in [3.05, 3.63) is 11.8 Å². The van der Waals surface area contributed by atoms with E-state index in [2.05, 4.69) is 15.3 Å². The second kappa shape index (κ2) is 5.08. The van der Waals surface area contributed by atoms with Crippen LogP contribution in [0.5, 0.6) is 0 Å². The molecule has 2 N–H and O–H groups in total. The summed E-state index contributed by atoms with van der Waals surface area (Å²) in [5, 5.41) is 12.6. The highest BCUT2D eigenvalue weighted by atomic mass is 19.4. The van der Waals surface area contributed by atoms with Crippen LogP contribution in [0.25, 0.3) is 0 Å². The van der Waals surface area contributed by atoms with E-state index < -0.39 is 17.5 Å². The topological polar surface area (TPSA) is 61.3 Å². The first kappa shape index (κ1) is 14.8. The summed E-state index contributed by atoms with van der Waals surface area (Å²) in [6.07, 6.45) is -2.33. The molecule has 0 unspecified atom stereocenters. The molecule has 1 aromatic rings. The Morgan fingerprint density at radius 2 is 2.00 bits per heavy atom. The van der Waals surface area contributed by atoms with Crippen molar-refractivity contribution in [2.45, 2.75) is 31.0 Å². The maximum atomic E-state index is 12.8. The van der Waals surface area contributed by atoms with E-state index >= 15 is 0 Å². The van der Waals surface area contributed by atoms with Gasteiger partial charge in [-0.1, -0.05) is 0 Å². The van der Waals surface area contributed by atoms with Gasteiger partial charge in [0.15, 0.2) is 5.69 Å². The lowest BCUT2D eigenvalue weighted by atomic mass is 9.80. The van der Waals surface area contributed by atoms with Crippen molar-refractivity contribution in [2.24, 2.45) is 0 Å². The highest BCUT2D eigenvalue weighted by Crippen LogP contribution is 2.32. The number of nitrogens with one attached hydrogen (secondary N) is 1. The second-order valence-corrected chi connectivity index (χ2v) is 5.26. The molecule has 0 radical (unpaired) electrons. The summed E-state index contributed by atoms with van der Waals surface area (Å²) in [6, 6.07) is 0.892. The third-order valence-electron chi connectivity index (χ3n) is 3.32. The first-order valence-corrected chi connectivity index (χ1v) is 6.29. The van der Waals surface area contributed by atoms with E-state index in [0.29, 0.717) is 12.8 Å². The maximum Gasteiger partial charge on any atom is 0.433 e. The molecule has 1 fully saturated rings. The third kappa shape index (κ3) is 3.30. The minimum atomic E-state index is -4.53. The number of nitrogens with zero attached hydrogens (tertiary/aromatic N) is 3. The summed E-state index contributed by atoms with van der Waals surface area (Å²) < 4.78 is 38.3. The summed E-state index contributed by atoms with van der Waals surface area (Å²) in [5.74, 6) is 0.0410. The summed E-state index contributed by atoms with van der Waals surface area (Å²) in [5.41, 5.74) is -1.85. The van der Waals surface area contributed by atoms with E-state index in [1.807, 2.05) is 0 Å². The van der Waals surface area contributed by atoms with Gasteiger partial charge in [-0.2, -0.15) is 18.2 Å². The second-order valence-electron chi connectivity index (χ2n) is 5.26. The molecule has 0 aliphatic heterocycles. The van der Waals surface area contributed by atoms with Crippen molar-refractivity contribution >= 4 is 11.8 Å². The van der Waals surface area contributed by atoms with Gasteiger partial charge in [0, 0.05) is 26.7 Å². The first-order chi connectivity index (χ1) is 9.20. The van der Waals surface area contributed by atoms with E-state index in [0.717, 1.165) is 12.5 Å². The first-order valence-electron chi connectivity index (χ1n) is 6.29. The smallest absolute Gasteiger partial charge is 0.388 e. The van der Waals surface area contributed by atoms with Crippen LogP contribution in [0.4, 0.5) is 24.9 Å². The lowest BCUT2D eigenvalue weighted by Crippen LogP contribution is -2.43. The van der Waals surface area contributed by atoms with Crippen molar-refractivity contribution in [3.8, 4) is 0 Å². The fourth-order valence-corrected chi connectivity index (χ4v) is 1.89. The molecular formula is C12H17F3N4O. The molecule has 1 aliphatic rings. The summed E-state index contributed by atoms with van der Waals surface area (Å²) in [6.45, 7) is 0.154. The van der Waals surface area contributed by atoms with E-state index in [1.165, 1.54) is 4.90 Å². The lowest BCUT2D eigenvalue weighted by Gasteiger charge is -2.36. The van der Waals surface area contributed by atoms with Crippen LogP contribution in [-0.2, 0) is 6.18 Å². The molecule has 0 bridgehead atoms. The molecule has 0 spiro atoms. The summed E-state index contributed by atoms with van der Waals surface area (Å²) in [4.78, 5) is 8.94. The van der Waals surface area contributed by atoms with Gasteiger partial charge in [-0.25, -0.2) is 4.98 Å². The van der Waals surface area contributed by atoms with Crippen LogP contribution in [0.1, 0.15) is 25.0 Å². The van der Waals surface area contributed by atoms with E-state index in [1.54, 1.807) is 14.1 Å². The fraction of sp³-hybridized carbons (Fsp3) is 0.667. The minimum absolute atomic E-state index is 0.121.